The van der Waals surface area contributed by atoms with E-state index in [0.29, 0.717) is 5.56 Å². The number of halogens is 5. The second-order valence-corrected chi connectivity index (χ2v) is 7.05. The van der Waals surface area contributed by atoms with E-state index in [1.807, 2.05) is 0 Å². The molecule has 7 heteroatoms. The van der Waals surface area contributed by atoms with Gasteiger partial charge in [-0.05, 0) is 50.8 Å². The minimum atomic E-state index is -4.15. The van der Waals surface area contributed by atoms with Crippen molar-refractivity contribution in [3.05, 3.63) is 19.2 Å². The van der Waals surface area contributed by atoms with Gasteiger partial charge in [0, 0.05) is 12.0 Å². The van der Waals surface area contributed by atoms with Gasteiger partial charge in [-0.1, -0.05) is 0 Å². The molecule has 1 nitrogen and oxygen atoms in total. The maximum atomic E-state index is 11.9. The maximum Gasteiger partial charge on any atom is 0.389 e. The van der Waals surface area contributed by atoms with Crippen LogP contribution in [0, 0.1) is 0 Å². The van der Waals surface area contributed by atoms with Crippen LogP contribution in [0.1, 0.15) is 30.9 Å². The molecule has 0 fully saturated rings. The molecule has 1 aromatic heterocycles. The molecule has 0 saturated carbocycles. The first-order valence-electron chi connectivity index (χ1n) is 4.49. The average molecular weight is 382 g/mol. The lowest BCUT2D eigenvalue weighted by atomic mass is 10.1. The Morgan fingerprint density at radius 1 is 1.38 bits per heavy atom. The molecule has 0 saturated heterocycles. The highest BCUT2D eigenvalue weighted by molar-refractivity contribution is 9.12. The molecule has 1 N–H and O–H groups in total. The van der Waals surface area contributed by atoms with Crippen LogP contribution < -0.4 is 0 Å². The van der Waals surface area contributed by atoms with Crippen LogP contribution in [0.2, 0.25) is 0 Å². The summed E-state index contributed by atoms with van der Waals surface area (Å²) in [5.41, 5.74) is 0.638. The third-order valence-electron chi connectivity index (χ3n) is 1.98. The summed E-state index contributed by atoms with van der Waals surface area (Å²) in [6, 6.07) is 1.72. The van der Waals surface area contributed by atoms with Crippen LogP contribution in [0.15, 0.2) is 13.6 Å². The van der Waals surface area contributed by atoms with Crippen LogP contribution in [-0.4, -0.2) is 11.3 Å². The van der Waals surface area contributed by atoms with Gasteiger partial charge in [-0.15, -0.1) is 11.3 Å². The number of thiophene rings is 1. The van der Waals surface area contributed by atoms with Gasteiger partial charge in [0.05, 0.1) is 13.7 Å². The van der Waals surface area contributed by atoms with Gasteiger partial charge >= 0.3 is 6.18 Å². The number of aliphatic hydroxyl groups is 1. The summed E-state index contributed by atoms with van der Waals surface area (Å²) in [5.74, 6) is 0. The van der Waals surface area contributed by atoms with E-state index in [4.69, 9.17) is 0 Å². The molecular weight excluding hydrogens is 373 g/mol. The SMILES string of the molecule is OC(CCCC(F)(F)F)c1cc(Br)sc1Br. The van der Waals surface area contributed by atoms with Crippen molar-refractivity contribution in [2.24, 2.45) is 0 Å². The molecule has 92 valence electrons. The number of rotatable bonds is 4. The molecule has 1 atom stereocenters. The van der Waals surface area contributed by atoms with Crippen molar-refractivity contribution in [2.75, 3.05) is 0 Å². The van der Waals surface area contributed by atoms with Crippen molar-refractivity contribution < 1.29 is 18.3 Å². The fraction of sp³-hybridized carbons (Fsp3) is 0.556. The normalized spacial score (nSPS) is 14.1. The fourth-order valence-electron chi connectivity index (χ4n) is 1.23. The Hall–Kier alpha value is 0.410. The van der Waals surface area contributed by atoms with Gasteiger partial charge in [-0.2, -0.15) is 13.2 Å². The molecule has 1 unspecified atom stereocenters. The molecule has 0 aromatic carbocycles. The molecule has 0 bridgehead atoms. The minimum absolute atomic E-state index is 0.0649. The predicted molar refractivity (Wildman–Crippen MR) is 64.6 cm³/mol. The fourth-order valence-corrected chi connectivity index (χ4v) is 4.19. The molecule has 1 rings (SSSR count). The van der Waals surface area contributed by atoms with Gasteiger partial charge in [0.25, 0.3) is 0 Å². The summed E-state index contributed by atoms with van der Waals surface area (Å²) in [4.78, 5) is 0. The Labute approximate surface area is 112 Å². The van der Waals surface area contributed by atoms with Crippen molar-refractivity contribution in [2.45, 2.75) is 31.5 Å². The number of aliphatic hydroxyl groups excluding tert-OH is 1. The molecule has 1 heterocycles. The van der Waals surface area contributed by atoms with E-state index in [1.165, 1.54) is 11.3 Å². The summed E-state index contributed by atoms with van der Waals surface area (Å²) < 4.78 is 37.3. The zero-order valence-electron chi connectivity index (χ0n) is 8.02. The van der Waals surface area contributed by atoms with Crippen LogP contribution >= 0.6 is 43.2 Å². The Bertz CT molecular complexity index is 351. The van der Waals surface area contributed by atoms with Crippen LogP contribution in [0.5, 0.6) is 0 Å². The van der Waals surface area contributed by atoms with E-state index < -0.39 is 18.7 Å². The van der Waals surface area contributed by atoms with Gasteiger partial charge in [0.15, 0.2) is 0 Å². The average Bonchev–Trinajstić information content (AvgIpc) is 2.43. The lowest BCUT2D eigenvalue weighted by Crippen LogP contribution is -2.07. The predicted octanol–water partition coefficient (Wildman–Crippen LogP) is 5.04. The Morgan fingerprint density at radius 2 is 2.00 bits per heavy atom. The van der Waals surface area contributed by atoms with Crippen molar-refractivity contribution in [3.8, 4) is 0 Å². The van der Waals surface area contributed by atoms with E-state index in [2.05, 4.69) is 31.9 Å². The summed E-state index contributed by atoms with van der Waals surface area (Å²) in [7, 11) is 0. The Balaban J connectivity index is 2.47. The van der Waals surface area contributed by atoms with Gasteiger partial charge in [-0.25, -0.2) is 0 Å². The minimum Gasteiger partial charge on any atom is -0.388 e. The zero-order valence-corrected chi connectivity index (χ0v) is 12.0. The highest BCUT2D eigenvalue weighted by Gasteiger charge is 2.27. The first-order valence-corrected chi connectivity index (χ1v) is 6.89. The number of hydrogen-bond donors (Lipinski definition) is 1. The van der Waals surface area contributed by atoms with Crippen molar-refractivity contribution in [3.63, 3.8) is 0 Å². The molecule has 0 aliphatic carbocycles. The third-order valence-corrected chi connectivity index (χ3v) is 4.37. The van der Waals surface area contributed by atoms with E-state index in [-0.39, 0.29) is 12.8 Å². The highest BCUT2D eigenvalue weighted by Crippen LogP contribution is 2.37. The second-order valence-electron chi connectivity index (χ2n) is 3.30. The quantitative estimate of drug-likeness (QED) is 0.774. The van der Waals surface area contributed by atoms with Crippen LogP contribution in [0.25, 0.3) is 0 Å². The third kappa shape index (κ3) is 4.73. The second kappa shape index (κ2) is 5.84. The molecule has 0 spiro atoms. The molecule has 16 heavy (non-hydrogen) atoms. The first kappa shape index (κ1) is 14.5. The van der Waals surface area contributed by atoms with E-state index >= 15 is 0 Å². The molecule has 0 aliphatic rings. The monoisotopic (exact) mass is 380 g/mol. The van der Waals surface area contributed by atoms with Crippen molar-refractivity contribution in [1.82, 2.24) is 0 Å². The highest BCUT2D eigenvalue weighted by atomic mass is 79.9. The van der Waals surface area contributed by atoms with E-state index in [9.17, 15) is 18.3 Å². The summed E-state index contributed by atoms with van der Waals surface area (Å²) in [6.07, 6.45) is -5.80. The van der Waals surface area contributed by atoms with E-state index in [0.717, 1.165) is 7.57 Å². The van der Waals surface area contributed by atoms with Crippen molar-refractivity contribution in [1.29, 1.82) is 0 Å². The number of hydrogen-bond acceptors (Lipinski definition) is 2. The van der Waals surface area contributed by atoms with E-state index in [1.54, 1.807) is 6.07 Å². The zero-order chi connectivity index (χ0) is 12.3. The Morgan fingerprint density at radius 3 is 2.44 bits per heavy atom. The summed E-state index contributed by atoms with van der Waals surface area (Å²) >= 11 is 7.89. The molecule has 0 aliphatic heterocycles. The molecule has 0 radical (unpaired) electrons. The topological polar surface area (TPSA) is 20.2 Å². The van der Waals surface area contributed by atoms with Gasteiger partial charge in [0.2, 0.25) is 0 Å². The van der Waals surface area contributed by atoms with Crippen LogP contribution in [0.3, 0.4) is 0 Å². The van der Waals surface area contributed by atoms with Gasteiger partial charge in [-0.3, -0.25) is 0 Å². The van der Waals surface area contributed by atoms with Crippen LogP contribution in [0.4, 0.5) is 13.2 Å². The first-order chi connectivity index (χ1) is 7.29. The van der Waals surface area contributed by atoms with Gasteiger partial charge < -0.3 is 5.11 Å². The summed E-state index contributed by atoms with van der Waals surface area (Å²) in [5, 5.41) is 9.70. The Kier molecular flexibility index (Phi) is 5.28. The van der Waals surface area contributed by atoms with Gasteiger partial charge in [0.1, 0.15) is 0 Å². The summed E-state index contributed by atoms with van der Waals surface area (Å²) in [6.45, 7) is 0. The lowest BCUT2D eigenvalue weighted by molar-refractivity contribution is -0.136. The maximum absolute atomic E-state index is 11.9. The smallest absolute Gasteiger partial charge is 0.388 e. The molecule has 1 aromatic rings. The van der Waals surface area contributed by atoms with Crippen molar-refractivity contribution >= 4 is 43.2 Å². The standard InChI is InChI=1S/C9H9Br2F3OS/c10-7-4-5(8(11)16-7)6(15)2-1-3-9(12,13)14/h4,6,15H,1-3H2. The number of alkyl halides is 3. The largest absolute Gasteiger partial charge is 0.389 e. The van der Waals surface area contributed by atoms with Crippen LogP contribution in [-0.2, 0) is 0 Å². The lowest BCUT2D eigenvalue weighted by Gasteiger charge is -2.10. The molecular formula is C9H9Br2F3OS. The molecule has 0 amide bonds.